The van der Waals surface area contributed by atoms with Crippen molar-refractivity contribution in [1.82, 2.24) is 5.32 Å². The van der Waals surface area contributed by atoms with Gasteiger partial charge in [-0.2, -0.15) is 0 Å². The van der Waals surface area contributed by atoms with Crippen LogP contribution in [-0.2, 0) is 6.54 Å². The molecule has 110 valence electrons. The van der Waals surface area contributed by atoms with Gasteiger partial charge in [0.1, 0.15) is 5.75 Å². The number of hydrogen-bond acceptors (Lipinski definition) is 4. The van der Waals surface area contributed by atoms with Gasteiger partial charge in [-0.05, 0) is 29.6 Å². The monoisotopic (exact) mass is 306 g/mol. The number of nitrogens with one attached hydrogen (secondary N) is 2. The summed E-state index contributed by atoms with van der Waals surface area (Å²) in [6.45, 7) is 0.391. The molecule has 0 aliphatic carbocycles. The van der Waals surface area contributed by atoms with Crippen molar-refractivity contribution in [3.63, 3.8) is 0 Å². The maximum absolute atomic E-state index is 11.8. The Labute approximate surface area is 125 Å². The van der Waals surface area contributed by atoms with Crippen LogP contribution < -0.4 is 15.4 Å². The Morgan fingerprint density at radius 1 is 1.33 bits per heavy atom. The molecule has 6 nitrogen and oxygen atoms in total. The fraction of sp³-hybridized carbons (Fsp3) is 0.143. The van der Waals surface area contributed by atoms with Gasteiger partial charge in [-0.1, -0.05) is 6.07 Å². The van der Waals surface area contributed by atoms with Crippen LogP contribution in [0.5, 0.6) is 5.75 Å². The Bertz CT molecular complexity index is 640. The number of aromatic carboxylic acids is 1. The molecule has 2 amide bonds. The molecule has 1 heterocycles. The largest absolute Gasteiger partial charge is 0.497 e. The van der Waals surface area contributed by atoms with Crippen molar-refractivity contribution < 1.29 is 19.4 Å². The molecule has 0 unspecified atom stereocenters. The molecule has 0 saturated heterocycles. The Morgan fingerprint density at radius 2 is 2.14 bits per heavy atom. The van der Waals surface area contributed by atoms with E-state index in [9.17, 15) is 9.59 Å². The van der Waals surface area contributed by atoms with Gasteiger partial charge in [0.15, 0.2) is 0 Å². The molecule has 7 heteroatoms. The SMILES string of the molecule is COc1ccc(NC(=O)NCc2cccs2)c(C(=O)O)c1. The summed E-state index contributed by atoms with van der Waals surface area (Å²) in [5, 5.41) is 16.3. The van der Waals surface area contributed by atoms with Gasteiger partial charge in [-0.3, -0.25) is 0 Å². The standard InChI is InChI=1S/C14H14N2O4S/c1-20-9-4-5-12(11(7-9)13(17)18)16-14(19)15-8-10-3-2-6-21-10/h2-7H,8H2,1H3,(H,17,18)(H2,15,16,19). The van der Waals surface area contributed by atoms with Crippen molar-refractivity contribution in [3.05, 3.63) is 46.2 Å². The van der Waals surface area contributed by atoms with E-state index in [0.29, 0.717) is 12.3 Å². The van der Waals surface area contributed by atoms with E-state index in [1.807, 2.05) is 17.5 Å². The quantitative estimate of drug-likeness (QED) is 0.792. The van der Waals surface area contributed by atoms with Crippen LogP contribution in [0.15, 0.2) is 35.7 Å². The maximum atomic E-state index is 11.8. The number of ether oxygens (including phenoxy) is 1. The van der Waals surface area contributed by atoms with Crippen LogP contribution in [0.25, 0.3) is 0 Å². The number of benzene rings is 1. The second-order valence-corrected chi connectivity index (χ2v) is 5.14. The molecule has 21 heavy (non-hydrogen) atoms. The predicted molar refractivity (Wildman–Crippen MR) is 80.1 cm³/mol. The van der Waals surface area contributed by atoms with Gasteiger partial charge in [-0.25, -0.2) is 9.59 Å². The topological polar surface area (TPSA) is 87.7 Å². The first kappa shape index (κ1) is 14.9. The highest BCUT2D eigenvalue weighted by molar-refractivity contribution is 7.09. The van der Waals surface area contributed by atoms with E-state index in [-0.39, 0.29) is 11.3 Å². The van der Waals surface area contributed by atoms with Crippen molar-refractivity contribution >= 4 is 29.0 Å². The lowest BCUT2D eigenvalue weighted by atomic mass is 10.1. The average Bonchev–Trinajstić information content (AvgIpc) is 2.98. The van der Waals surface area contributed by atoms with Gasteiger partial charge in [0.25, 0.3) is 0 Å². The minimum absolute atomic E-state index is 0.0272. The van der Waals surface area contributed by atoms with Gasteiger partial charge in [-0.15, -0.1) is 11.3 Å². The fourth-order valence-corrected chi connectivity index (χ4v) is 2.33. The highest BCUT2D eigenvalue weighted by Crippen LogP contribution is 2.22. The van der Waals surface area contributed by atoms with E-state index in [1.54, 1.807) is 6.07 Å². The second-order valence-electron chi connectivity index (χ2n) is 4.10. The molecule has 1 aromatic carbocycles. The lowest BCUT2D eigenvalue weighted by Crippen LogP contribution is -2.28. The first-order valence-corrected chi connectivity index (χ1v) is 6.96. The Morgan fingerprint density at radius 3 is 2.76 bits per heavy atom. The minimum Gasteiger partial charge on any atom is -0.497 e. The Balaban J connectivity index is 2.04. The Hall–Kier alpha value is -2.54. The summed E-state index contributed by atoms with van der Waals surface area (Å²) in [5.74, 6) is -0.723. The molecule has 0 atom stereocenters. The molecule has 0 bridgehead atoms. The zero-order chi connectivity index (χ0) is 15.2. The number of methoxy groups -OCH3 is 1. The molecular weight excluding hydrogens is 292 g/mol. The number of anilines is 1. The minimum atomic E-state index is -1.14. The van der Waals surface area contributed by atoms with Crippen molar-refractivity contribution in [2.45, 2.75) is 6.54 Å². The molecule has 2 rings (SSSR count). The Kier molecular flexibility index (Phi) is 4.78. The number of amides is 2. The summed E-state index contributed by atoms with van der Waals surface area (Å²) < 4.78 is 4.97. The van der Waals surface area contributed by atoms with Crippen molar-refractivity contribution in [3.8, 4) is 5.75 Å². The van der Waals surface area contributed by atoms with Crippen molar-refractivity contribution in [2.75, 3.05) is 12.4 Å². The highest BCUT2D eigenvalue weighted by Gasteiger charge is 2.13. The molecule has 0 aliphatic rings. The molecule has 0 saturated carbocycles. The van der Waals surface area contributed by atoms with E-state index in [1.165, 1.54) is 30.6 Å². The van der Waals surface area contributed by atoms with E-state index < -0.39 is 12.0 Å². The third kappa shape index (κ3) is 3.96. The second kappa shape index (κ2) is 6.76. The molecule has 0 aliphatic heterocycles. The van der Waals surface area contributed by atoms with E-state index in [0.717, 1.165) is 4.88 Å². The van der Waals surface area contributed by atoms with Gasteiger partial charge in [0, 0.05) is 4.88 Å². The molecular formula is C14H14N2O4S. The zero-order valence-corrected chi connectivity index (χ0v) is 12.1. The van der Waals surface area contributed by atoms with E-state index in [2.05, 4.69) is 10.6 Å². The molecule has 0 radical (unpaired) electrons. The van der Waals surface area contributed by atoms with Crippen molar-refractivity contribution in [1.29, 1.82) is 0 Å². The summed E-state index contributed by atoms with van der Waals surface area (Å²) in [6.07, 6.45) is 0. The first-order valence-electron chi connectivity index (χ1n) is 6.08. The van der Waals surface area contributed by atoms with Gasteiger partial charge >= 0.3 is 12.0 Å². The lowest BCUT2D eigenvalue weighted by Gasteiger charge is -2.10. The van der Waals surface area contributed by atoms with Crippen LogP contribution in [0.4, 0.5) is 10.5 Å². The summed E-state index contributed by atoms with van der Waals surface area (Å²) in [5.41, 5.74) is 0.188. The molecule has 1 aromatic heterocycles. The fourth-order valence-electron chi connectivity index (χ4n) is 1.68. The van der Waals surface area contributed by atoms with Crippen LogP contribution in [0.3, 0.4) is 0 Å². The first-order chi connectivity index (χ1) is 10.1. The van der Waals surface area contributed by atoms with Crippen LogP contribution >= 0.6 is 11.3 Å². The highest BCUT2D eigenvalue weighted by atomic mass is 32.1. The number of rotatable bonds is 5. The van der Waals surface area contributed by atoms with Crippen LogP contribution in [0.2, 0.25) is 0 Å². The smallest absolute Gasteiger partial charge is 0.337 e. The summed E-state index contributed by atoms with van der Waals surface area (Å²) in [6, 6.07) is 7.77. The van der Waals surface area contributed by atoms with Crippen LogP contribution in [0.1, 0.15) is 15.2 Å². The van der Waals surface area contributed by atoms with E-state index in [4.69, 9.17) is 9.84 Å². The number of urea groups is 1. The predicted octanol–water partition coefficient (Wildman–Crippen LogP) is 2.78. The normalized spacial score (nSPS) is 9.95. The summed E-state index contributed by atoms with van der Waals surface area (Å²) in [7, 11) is 1.45. The van der Waals surface area contributed by atoms with Gasteiger partial charge in [0.05, 0.1) is 24.9 Å². The molecule has 3 N–H and O–H groups in total. The molecule has 0 fully saturated rings. The number of thiophene rings is 1. The summed E-state index contributed by atoms with van der Waals surface area (Å²) in [4.78, 5) is 24.0. The third-order valence-electron chi connectivity index (χ3n) is 2.71. The zero-order valence-electron chi connectivity index (χ0n) is 11.3. The summed E-state index contributed by atoms with van der Waals surface area (Å²) >= 11 is 1.53. The van der Waals surface area contributed by atoms with Crippen LogP contribution in [0, 0.1) is 0 Å². The van der Waals surface area contributed by atoms with Crippen LogP contribution in [-0.4, -0.2) is 24.2 Å². The molecule has 2 aromatic rings. The van der Waals surface area contributed by atoms with E-state index >= 15 is 0 Å². The molecule has 0 spiro atoms. The third-order valence-corrected chi connectivity index (χ3v) is 3.59. The number of carbonyl (C=O) groups excluding carboxylic acids is 1. The van der Waals surface area contributed by atoms with Gasteiger partial charge in [0.2, 0.25) is 0 Å². The number of carboxylic acid groups (broad SMARTS) is 1. The number of carbonyl (C=O) groups is 2. The maximum Gasteiger partial charge on any atom is 0.337 e. The average molecular weight is 306 g/mol. The lowest BCUT2D eigenvalue weighted by molar-refractivity contribution is 0.0697. The number of carboxylic acids is 1. The number of hydrogen-bond donors (Lipinski definition) is 3. The van der Waals surface area contributed by atoms with Gasteiger partial charge < -0.3 is 20.5 Å². The van der Waals surface area contributed by atoms with Crippen molar-refractivity contribution in [2.24, 2.45) is 0 Å².